The average Bonchev–Trinajstić information content (AvgIpc) is 3.23. The number of fused-ring (bicyclic) bond motifs is 1. The molecule has 0 unspecified atom stereocenters. The maximum absolute atomic E-state index is 12.6. The van der Waals surface area contributed by atoms with Crippen LogP contribution in [0.15, 0.2) is 63.9 Å². The monoisotopic (exact) mass is 487 g/mol. The maximum Gasteiger partial charge on any atom is 0.255 e. The number of halogens is 2. The van der Waals surface area contributed by atoms with Crippen LogP contribution >= 0.6 is 31.9 Å². The van der Waals surface area contributed by atoms with Crippen molar-refractivity contribution in [3.63, 3.8) is 0 Å². The Labute approximate surface area is 172 Å². The van der Waals surface area contributed by atoms with Gasteiger partial charge in [-0.1, -0.05) is 15.9 Å². The van der Waals surface area contributed by atoms with Crippen LogP contribution in [0.5, 0.6) is 0 Å². The second-order valence-corrected chi connectivity index (χ2v) is 7.89. The zero-order chi connectivity index (χ0) is 19.0. The number of benzene rings is 1. The van der Waals surface area contributed by atoms with E-state index in [0.29, 0.717) is 12.1 Å². The second-order valence-electron chi connectivity index (χ2n) is 6.06. The van der Waals surface area contributed by atoms with E-state index in [4.69, 9.17) is 0 Å². The Morgan fingerprint density at radius 1 is 1.07 bits per heavy atom. The molecule has 0 bridgehead atoms. The number of hydrogen-bond acceptors (Lipinski definition) is 3. The van der Waals surface area contributed by atoms with Gasteiger partial charge in [0.2, 0.25) is 0 Å². The number of carbonyl (C=O) groups excluding carboxylic acids is 1. The Hall–Kier alpha value is -2.45. The molecule has 1 N–H and O–H groups in total. The van der Waals surface area contributed by atoms with Crippen LogP contribution in [0.3, 0.4) is 0 Å². The quantitative estimate of drug-likeness (QED) is 0.466. The molecular formula is C19H15Br2N5O. The van der Waals surface area contributed by atoms with Crippen LogP contribution in [0.1, 0.15) is 21.7 Å². The van der Waals surface area contributed by atoms with Crippen LogP contribution in [-0.4, -0.2) is 25.1 Å². The molecule has 0 aliphatic rings. The number of rotatable bonds is 4. The molecule has 136 valence electrons. The highest BCUT2D eigenvalue weighted by molar-refractivity contribution is 9.10. The number of nitrogens with zero attached hydrogens (tertiary/aromatic N) is 4. The van der Waals surface area contributed by atoms with Crippen molar-refractivity contribution in [1.29, 1.82) is 0 Å². The summed E-state index contributed by atoms with van der Waals surface area (Å²) in [5.41, 5.74) is 3.86. The smallest absolute Gasteiger partial charge is 0.255 e. The van der Waals surface area contributed by atoms with Crippen molar-refractivity contribution in [3.05, 3.63) is 80.9 Å². The first-order valence-corrected chi connectivity index (χ1v) is 9.82. The lowest BCUT2D eigenvalue weighted by atomic mass is 10.2. The molecule has 0 atom stereocenters. The Morgan fingerprint density at radius 3 is 2.59 bits per heavy atom. The number of nitrogens with one attached hydrogen (secondary N) is 1. The Kier molecular flexibility index (Phi) is 4.84. The number of pyridine rings is 1. The molecule has 0 spiro atoms. The largest absolute Gasteiger partial charge is 0.346 e. The molecule has 27 heavy (non-hydrogen) atoms. The van der Waals surface area contributed by atoms with Crippen molar-refractivity contribution in [1.82, 2.24) is 24.5 Å². The van der Waals surface area contributed by atoms with Crippen LogP contribution in [0.2, 0.25) is 0 Å². The van der Waals surface area contributed by atoms with E-state index in [1.807, 2.05) is 60.1 Å². The van der Waals surface area contributed by atoms with Crippen LogP contribution in [0.4, 0.5) is 0 Å². The third kappa shape index (κ3) is 3.68. The number of hydrogen-bond donors (Lipinski definition) is 1. The number of imidazole rings is 1. The average molecular weight is 489 g/mol. The molecule has 0 radical (unpaired) electrons. The molecule has 0 fully saturated rings. The lowest BCUT2D eigenvalue weighted by molar-refractivity contribution is 0.0950. The molecule has 8 heteroatoms. The highest BCUT2D eigenvalue weighted by atomic mass is 79.9. The van der Waals surface area contributed by atoms with Gasteiger partial charge in [0.25, 0.3) is 5.91 Å². The first kappa shape index (κ1) is 17.9. The van der Waals surface area contributed by atoms with E-state index < -0.39 is 0 Å². The third-order valence-corrected chi connectivity index (χ3v) is 5.22. The maximum atomic E-state index is 12.6. The SMILES string of the molecule is Cc1c(C(=O)NCc2cn3cc(Br)ccc3n2)cnn1-c1ccc(Br)cc1. The minimum absolute atomic E-state index is 0.172. The van der Waals surface area contributed by atoms with Gasteiger partial charge in [-0.05, 0) is 59.3 Å². The summed E-state index contributed by atoms with van der Waals surface area (Å²) in [7, 11) is 0. The predicted octanol–water partition coefficient (Wildman–Crippen LogP) is 4.28. The summed E-state index contributed by atoms with van der Waals surface area (Å²) in [5.74, 6) is -0.172. The number of aromatic nitrogens is 4. The first-order valence-electron chi connectivity index (χ1n) is 8.23. The summed E-state index contributed by atoms with van der Waals surface area (Å²) < 4.78 is 5.64. The third-order valence-electron chi connectivity index (χ3n) is 4.22. The molecule has 0 saturated carbocycles. The highest BCUT2D eigenvalue weighted by Gasteiger charge is 2.15. The molecule has 3 heterocycles. The number of carbonyl (C=O) groups is 1. The van der Waals surface area contributed by atoms with Gasteiger partial charge in [-0.25, -0.2) is 9.67 Å². The summed E-state index contributed by atoms with van der Waals surface area (Å²) in [5, 5.41) is 7.27. The van der Waals surface area contributed by atoms with Crippen molar-refractivity contribution < 1.29 is 4.79 Å². The molecular weight excluding hydrogens is 474 g/mol. The fraction of sp³-hybridized carbons (Fsp3) is 0.105. The first-order chi connectivity index (χ1) is 13.0. The molecule has 1 amide bonds. The van der Waals surface area contributed by atoms with Crippen LogP contribution < -0.4 is 5.32 Å². The van der Waals surface area contributed by atoms with Crippen molar-refractivity contribution >= 4 is 43.4 Å². The second kappa shape index (κ2) is 7.28. The predicted molar refractivity (Wildman–Crippen MR) is 110 cm³/mol. The van der Waals surface area contributed by atoms with E-state index in [1.54, 1.807) is 10.9 Å². The van der Waals surface area contributed by atoms with E-state index in [0.717, 1.165) is 31.7 Å². The summed E-state index contributed by atoms with van der Waals surface area (Å²) in [6.07, 6.45) is 5.42. The van der Waals surface area contributed by atoms with E-state index in [2.05, 4.69) is 47.3 Å². The van der Waals surface area contributed by atoms with Gasteiger partial charge in [-0.15, -0.1) is 0 Å². The van der Waals surface area contributed by atoms with Crippen molar-refractivity contribution in [3.8, 4) is 5.69 Å². The fourth-order valence-electron chi connectivity index (χ4n) is 2.84. The Bertz CT molecular complexity index is 1130. The molecule has 1 aromatic carbocycles. The van der Waals surface area contributed by atoms with Gasteiger partial charge in [0, 0.05) is 21.3 Å². The van der Waals surface area contributed by atoms with E-state index in [-0.39, 0.29) is 5.91 Å². The van der Waals surface area contributed by atoms with Gasteiger partial charge in [0.1, 0.15) is 5.65 Å². The van der Waals surface area contributed by atoms with Gasteiger partial charge >= 0.3 is 0 Å². The molecule has 4 aromatic rings. The molecule has 0 aliphatic carbocycles. The van der Waals surface area contributed by atoms with Crippen molar-refractivity contribution in [2.24, 2.45) is 0 Å². The van der Waals surface area contributed by atoms with E-state index in [9.17, 15) is 4.79 Å². The summed E-state index contributed by atoms with van der Waals surface area (Å²) in [6.45, 7) is 2.23. The zero-order valence-electron chi connectivity index (χ0n) is 14.4. The minimum Gasteiger partial charge on any atom is -0.346 e. The molecule has 0 aliphatic heterocycles. The normalized spacial score (nSPS) is 11.1. The lowest BCUT2D eigenvalue weighted by Crippen LogP contribution is -2.23. The van der Waals surface area contributed by atoms with Gasteiger partial charge in [-0.3, -0.25) is 4.79 Å². The van der Waals surface area contributed by atoms with Crippen LogP contribution in [-0.2, 0) is 6.54 Å². The van der Waals surface area contributed by atoms with Crippen LogP contribution in [0, 0.1) is 6.92 Å². The summed E-state index contributed by atoms with van der Waals surface area (Å²) in [6, 6.07) is 11.6. The molecule has 4 rings (SSSR count). The standard InChI is InChI=1S/C19H15Br2N5O/c1-12-17(9-23-26(12)16-5-2-13(20)3-6-16)19(27)22-8-15-11-25-10-14(21)4-7-18(25)24-15/h2-7,9-11H,8H2,1H3,(H,22,27). The molecule has 0 saturated heterocycles. The topological polar surface area (TPSA) is 64.2 Å². The van der Waals surface area contributed by atoms with Crippen molar-refractivity contribution in [2.75, 3.05) is 0 Å². The van der Waals surface area contributed by atoms with Gasteiger partial charge in [-0.2, -0.15) is 5.10 Å². The highest BCUT2D eigenvalue weighted by Crippen LogP contribution is 2.17. The van der Waals surface area contributed by atoms with Gasteiger partial charge in [0.05, 0.1) is 35.4 Å². The summed E-state index contributed by atoms with van der Waals surface area (Å²) >= 11 is 6.86. The Balaban J connectivity index is 1.50. The zero-order valence-corrected chi connectivity index (χ0v) is 17.5. The van der Waals surface area contributed by atoms with Crippen molar-refractivity contribution in [2.45, 2.75) is 13.5 Å². The fourth-order valence-corrected chi connectivity index (χ4v) is 3.46. The minimum atomic E-state index is -0.172. The van der Waals surface area contributed by atoms with Gasteiger partial charge < -0.3 is 9.72 Å². The molecule has 3 aromatic heterocycles. The lowest BCUT2D eigenvalue weighted by Gasteiger charge is -2.06. The number of amides is 1. The molecule has 6 nitrogen and oxygen atoms in total. The van der Waals surface area contributed by atoms with Crippen LogP contribution in [0.25, 0.3) is 11.3 Å². The summed E-state index contributed by atoms with van der Waals surface area (Å²) in [4.78, 5) is 17.1. The van der Waals surface area contributed by atoms with E-state index in [1.165, 1.54) is 0 Å². The van der Waals surface area contributed by atoms with Gasteiger partial charge in [0.15, 0.2) is 0 Å². The van der Waals surface area contributed by atoms with E-state index >= 15 is 0 Å². The Morgan fingerprint density at radius 2 is 1.81 bits per heavy atom.